The van der Waals surface area contributed by atoms with Gasteiger partial charge in [0.05, 0.1) is 5.69 Å². The average molecular weight is 441 g/mol. The number of carbonyl (C=O) groups excluding carboxylic acids is 2. The van der Waals surface area contributed by atoms with E-state index >= 15 is 0 Å². The number of nitrogens with zero attached hydrogens (tertiary/aromatic N) is 1. The number of unbranched alkanes of at least 4 members (excludes halogenated alkanes) is 1. The van der Waals surface area contributed by atoms with E-state index in [1.807, 2.05) is 30.3 Å². The molecule has 0 atom stereocenters. The first kappa shape index (κ1) is 22.9. The van der Waals surface area contributed by atoms with Crippen molar-refractivity contribution >= 4 is 35.2 Å². The van der Waals surface area contributed by atoms with Gasteiger partial charge in [0.2, 0.25) is 5.91 Å². The van der Waals surface area contributed by atoms with E-state index in [0.29, 0.717) is 23.0 Å². The summed E-state index contributed by atoms with van der Waals surface area (Å²) < 4.78 is 5.96. The van der Waals surface area contributed by atoms with Crippen molar-refractivity contribution < 1.29 is 14.3 Å². The molecule has 0 fully saturated rings. The van der Waals surface area contributed by atoms with Crippen LogP contribution in [0.3, 0.4) is 0 Å². The zero-order chi connectivity index (χ0) is 22.6. The van der Waals surface area contributed by atoms with Gasteiger partial charge in [-0.1, -0.05) is 63.9 Å². The van der Waals surface area contributed by atoms with Gasteiger partial charge in [-0.15, -0.1) is 0 Å². The van der Waals surface area contributed by atoms with Crippen LogP contribution in [0, 0.1) is 0 Å². The Bertz CT molecular complexity index is 991. The minimum Gasteiger partial charge on any atom is -0.449 e. The maximum Gasteiger partial charge on any atom is 0.294 e. The minimum atomic E-state index is -0.348. The molecular weight excluding hydrogens is 412 g/mol. The van der Waals surface area contributed by atoms with E-state index in [4.69, 9.17) is 16.3 Å². The van der Waals surface area contributed by atoms with E-state index in [1.54, 1.807) is 18.2 Å². The van der Waals surface area contributed by atoms with Crippen molar-refractivity contribution in [3.05, 3.63) is 64.4 Å². The first-order valence-corrected chi connectivity index (χ1v) is 10.9. The second-order valence-electron chi connectivity index (χ2n) is 8.69. The van der Waals surface area contributed by atoms with E-state index in [0.717, 1.165) is 24.0 Å². The summed E-state index contributed by atoms with van der Waals surface area (Å²) in [6, 6.07) is 12.9. The first-order chi connectivity index (χ1) is 14.7. The van der Waals surface area contributed by atoms with Crippen LogP contribution >= 0.6 is 11.6 Å². The van der Waals surface area contributed by atoms with Crippen LogP contribution in [0.25, 0.3) is 6.08 Å². The molecule has 0 saturated carbocycles. The molecule has 1 N–H and O–H groups in total. The highest BCUT2D eigenvalue weighted by Crippen LogP contribution is 2.39. The van der Waals surface area contributed by atoms with Crippen molar-refractivity contribution in [2.75, 3.05) is 18.0 Å². The van der Waals surface area contributed by atoms with Crippen LogP contribution in [0.15, 0.2) is 48.2 Å². The molecular formula is C25H29ClN2O3. The summed E-state index contributed by atoms with van der Waals surface area (Å²) >= 11 is 5.96. The molecule has 0 saturated heterocycles. The van der Waals surface area contributed by atoms with Crippen LogP contribution in [0.1, 0.15) is 51.7 Å². The van der Waals surface area contributed by atoms with E-state index in [1.165, 1.54) is 4.90 Å². The number of benzene rings is 2. The number of carbonyl (C=O) groups is 2. The lowest BCUT2D eigenvalue weighted by Crippen LogP contribution is -2.44. The summed E-state index contributed by atoms with van der Waals surface area (Å²) in [6.07, 6.45) is 3.55. The normalized spacial score (nSPS) is 14.9. The Hall–Kier alpha value is -2.79. The van der Waals surface area contributed by atoms with Crippen LogP contribution in [0.2, 0.25) is 5.02 Å². The van der Waals surface area contributed by atoms with E-state index in [9.17, 15) is 9.59 Å². The van der Waals surface area contributed by atoms with Crippen LogP contribution in [0.5, 0.6) is 5.75 Å². The fourth-order valence-electron chi connectivity index (χ4n) is 3.25. The molecule has 0 aliphatic carbocycles. The van der Waals surface area contributed by atoms with Gasteiger partial charge in [-0.2, -0.15) is 0 Å². The molecule has 2 aromatic carbocycles. The molecule has 164 valence electrons. The second-order valence-corrected chi connectivity index (χ2v) is 9.13. The molecule has 2 aromatic rings. The first-order valence-electron chi connectivity index (χ1n) is 10.6. The van der Waals surface area contributed by atoms with Crippen LogP contribution in [-0.4, -0.2) is 24.9 Å². The summed E-state index contributed by atoms with van der Waals surface area (Å²) in [6.45, 7) is 8.91. The smallest absolute Gasteiger partial charge is 0.294 e. The van der Waals surface area contributed by atoms with Crippen molar-refractivity contribution in [1.82, 2.24) is 5.32 Å². The molecule has 0 bridgehead atoms. The molecule has 1 heterocycles. The number of amides is 2. The van der Waals surface area contributed by atoms with Crippen molar-refractivity contribution in [3.8, 4) is 5.75 Å². The van der Waals surface area contributed by atoms with Gasteiger partial charge in [-0.05, 0) is 53.3 Å². The summed E-state index contributed by atoms with van der Waals surface area (Å²) in [5, 5.41) is 3.50. The fourth-order valence-corrected chi connectivity index (χ4v) is 3.37. The lowest BCUT2D eigenvalue weighted by molar-refractivity contribution is -0.123. The minimum absolute atomic E-state index is 0.0650. The van der Waals surface area contributed by atoms with Crippen molar-refractivity contribution in [2.45, 2.75) is 46.0 Å². The fraction of sp³-hybridized carbons (Fsp3) is 0.360. The van der Waals surface area contributed by atoms with Gasteiger partial charge in [0.25, 0.3) is 5.91 Å². The predicted octanol–water partition coefficient (Wildman–Crippen LogP) is 5.32. The Kier molecular flexibility index (Phi) is 7.06. The van der Waals surface area contributed by atoms with Gasteiger partial charge in [0, 0.05) is 11.6 Å². The van der Waals surface area contributed by atoms with Crippen LogP contribution in [0.4, 0.5) is 5.69 Å². The van der Waals surface area contributed by atoms with Gasteiger partial charge < -0.3 is 10.1 Å². The van der Waals surface area contributed by atoms with Gasteiger partial charge in [-0.25, -0.2) is 0 Å². The van der Waals surface area contributed by atoms with Crippen LogP contribution < -0.4 is 15.0 Å². The van der Waals surface area contributed by atoms with Gasteiger partial charge >= 0.3 is 0 Å². The van der Waals surface area contributed by atoms with E-state index < -0.39 is 0 Å². The highest BCUT2D eigenvalue weighted by Gasteiger charge is 2.33. The maximum absolute atomic E-state index is 13.3. The number of rotatable bonds is 6. The predicted molar refractivity (Wildman–Crippen MR) is 125 cm³/mol. The lowest BCUT2D eigenvalue weighted by Gasteiger charge is -2.32. The van der Waals surface area contributed by atoms with Crippen molar-refractivity contribution in [2.24, 2.45) is 0 Å². The number of ether oxygens (including phenoxy) is 1. The Labute approximate surface area is 189 Å². The molecule has 2 amide bonds. The quantitative estimate of drug-likeness (QED) is 0.488. The number of hydrogen-bond donors (Lipinski definition) is 1. The summed E-state index contributed by atoms with van der Waals surface area (Å²) in [5.41, 5.74) is 2.35. The Morgan fingerprint density at radius 2 is 1.87 bits per heavy atom. The largest absolute Gasteiger partial charge is 0.449 e. The molecule has 1 aliphatic rings. The number of anilines is 1. The van der Waals surface area contributed by atoms with E-state index in [-0.39, 0.29) is 29.5 Å². The molecule has 5 nitrogen and oxygen atoms in total. The lowest BCUT2D eigenvalue weighted by atomic mass is 9.86. The molecule has 0 radical (unpaired) electrons. The molecule has 0 unspecified atom stereocenters. The Morgan fingerprint density at radius 3 is 2.52 bits per heavy atom. The second kappa shape index (κ2) is 9.56. The molecule has 3 rings (SSSR count). The molecule has 0 spiro atoms. The number of nitrogens with one attached hydrogen (secondary N) is 1. The third-order valence-electron chi connectivity index (χ3n) is 5.11. The Morgan fingerprint density at radius 1 is 1.16 bits per heavy atom. The summed E-state index contributed by atoms with van der Waals surface area (Å²) in [4.78, 5) is 27.4. The third-order valence-corrected chi connectivity index (χ3v) is 5.37. The molecule has 6 heteroatoms. The maximum atomic E-state index is 13.3. The van der Waals surface area contributed by atoms with Crippen LogP contribution in [-0.2, 0) is 15.0 Å². The van der Waals surface area contributed by atoms with Crippen molar-refractivity contribution in [3.63, 3.8) is 0 Å². The number of hydrogen-bond acceptors (Lipinski definition) is 3. The summed E-state index contributed by atoms with van der Waals surface area (Å²) in [7, 11) is 0. The third kappa shape index (κ3) is 5.67. The number of halogens is 1. The Balaban J connectivity index is 1.97. The molecule has 1 aliphatic heterocycles. The van der Waals surface area contributed by atoms with Gasteiger partial charge in [0.15, 0.2) is 11.5 Å². The highest BCUT2D eigenvalue weighted by atomic mass is 35.5. The van der Waals surface area contributed by atoms with E-state index in [2.05, 4.69) is 33.0 Å². The highest BCUT2D eigenvalue weighted by molar-refractivity contribution is 6.30. The SMILES string of the molecule is CCCCNC(=O)CN1C(=O)/C(=C\c2ccc(Cl)cc2)Oc2ccc(C(C)(C)C)cc21. The van der Waals surface area contributed by atoms with Gasteiger partial charge in [0.1, 0.15) is 6.54 Å². The topological polar surface area (TPSA) is 58.6 Å². The molecule has 31 heavy (non-hydrogen) atoms. The standard InChI is InChI=1S/C25H29ClN2O3/c1-5-6-13-27-23(29)16-28-20-15-18(25(2,3)4)9-12-21(20)31-22(24(28)30)14-17-7-10-19(26)11-8-17/h7-12,14-15H,5-6,13,16H2,1-4H3,(H,27,29)/b22-14+. The average Bonchev–Trinajstić information content (AvgIpc) is 2.72. The zero-order valence-electron chi connectivity index (χ0n) is 18.5. The van der Waals surface area contributed by atoms with Crippen molar-refractivity contribution in [1.29, 1.82) is 0 Å². The number of fused-ring (bicyclic) bond motifs is 1. The molecule has 0 aromatic heterocycles. The monoisotopic (exact) mass is 440 g/mol. The summed E-state index contributed by atoms with van der Waals surface area (Å²) in [5.74, 6) is 0.176. The van der Waals surface area contributed by atoms with Gasteiger partial charge in [-0.3, -0.25) is 14.5 Å². The zero-order valence-corrected chi connectivity index (χ0v) is 19.3.